The minimum atomic E-state index is -1.97. The molecule has 5 nitrogen and oxygen atoms in total. The summed E-state index contributed by atoms with van der Waals surface area (Å²) in [4.78, 5) is 11.2. The zero-order chi connectivity index (χ0) is 15.7. The van der Waals surface area contributed by atoms with Crippen molar-refractivity contribution in [3.63, 3.8) is 0 Å². The summed E-state index contributed by atoms with van der Waals surface area (Å²) in [5, 5.41) is 19.4. The third-order valence-electron chi connectivity index (χ3n) is 2.12. The van der Waals surface area contributed by atoms with Crippen LogP contribution in [0.25, 0.3) is 0 Å². The molecule has 0 spiro atoms. The van der Waals surface area contributed by atoms with Gasteiger partial charge in [-0.15, -0.1) is 0 Å². The number of phenolic OH excluding ortho intramolecular Hbond substituents is 1. The Morgan fingerprint density at radius 1 is 0.950 bits per heavy atom. The van der Waals surface area contributed by atoms with Gasteiger partial charge in [0.1, 0.15) is 0 Å². The molecule has 0 amide bonds. The summed E-state index contributed by atoms with van der Waals surface area (Å²) < 4.78 is 11.5. The highest BCUT2D eigenvalue weighted by atomic mass is 28.4. The van der Waals surface area contributed by atoms with Crippen molar-refractivity contribution in [3.8, 4) is 17.2 Å². The lowest BCUT2D eigenvalue weighted by Gasteiger charge is -2.24. The van der Waals surface area contributed by atoms with E-state index in [9.17, 15) is 9.90 Å². The highest BCUT2D eigenvalue weighted by Crippen LogP contribution is 2.39. The molecule has 0 aliphatic heterocycles. The van der Waals surface area contributed by atoms with Crippen LogP contribution in [0.1, 0.15) is 10.4 Å². The van der Waals surface area contributed by atoms with E-state index >= 15 is 0 Å². The smallest absolute Gasteiger partial charge is 0.335 e. The lowest BCUT2D eigenvalue weighted by molar-refractivity contribution is 0.0696. The molecule has 0 aliphatic rings. The van der Waals surface area contributed by atoms with E-state index < -0.39 is 22.6 Å². The van der Waals surface area contributed by atoms with E-state index in [4.69, 9.17) is 14.0 Å². The quantitative estimate of drug-likeness (QED) is 0.813. The standard InChI is InChI=1S/C13H22O5Si2/c1-19(2,3)17-10-7-9(13(15)16)8-11(12(10)14)18-20(4,5)6/h7-8,14H,1-6H3,(H,15,16). The van der Waals surface area contributed by atoms with Crippen LogP contribution in [0.5, 0.6) is 17.2 Å². The monoisotopic (exact) mass is 314 g/mol. The van der Waals surface area contributed by atoms with Crippen LogP contribution in [-0.4, -0.2) is 32.8 Å². The fourth-order valence-electron chi connectivity index (χ4n) is 1.52. The second-order valence-electron chi connectivity index (χ2n) is 6.56. The van der Waals surface area contributed by atoms with Crippen LogP contribution in [0.3, 0.4) is 0 Å². The molecule has 0 saturated carbocycles. The molecule has 0 aromatic heterocycles. The summed E-state index contributed by atoms with van der Waals surface area (Å²) in [6, 6.07) is 2.68. The van der Waals surface area contributed by atoms with Gasteiger partial charge in [-0.1, -0.05) is 0 Å². The molecule has 0 bridgehead atoms. The van der Waals surface area contributed by atoms with E-state index in [1.807, 2.05) is 39.3 Å². The third-order valence-corrected chi connectivity index (χ3v) is 3.78. The molecule has 2 N–H and O–H groups in total. The number of hydrogen-bond donors (Lipinski definition) is 2. The van der Waals surface area contributed by atoms with Gasteiger partial charge in [-0.2, -0.15) is 0 Å². The number of rotatable bonds is 5. The predicted molar refractivity (Wildman–Crippen MR) is 83.0 cm³/mol. The number of carbonyl (C=O) groups is 1. The van der Waals surface area contributed by atoms with Crippen molar-refractivity contribution < 1.29 is 23.9 Å². The Labute approximate surface area is 121 Å². The van der Waals surface area contributed by atoms with Crippen LogP contribution in [0.15, 0.2) is 12.1 Å². The summed E-state index contributed by atoms with van der Waals surface area (Å²) >= 11 is 0. The average Bonchev–Trinajstić information content (AvgIpc) is 2.19. The number of phenols is 1. The summed E-state index contributed by atoms with van der Waals surface area (Å²) in [6.45, 7) is 11.7. The molecule has 1 aromatic rings. The van der Waals surface area contributed by atoms with Crippen LogP contribution < -0.4 is 8.85 Å². The Morgan fingerprint density at radius 2 is 1.30 bits per heavy atom. The van der Waals surface area contributed by atoms with Gasteiger partial charge >= 0.3 is 5.97 Å². The van der Waals surface area contributed by atoms with Crippen LogP contribution in [0.2, 0.25) is 39.3 Å². The molecular formula is C13H22O5Si2. The van der Waals surface area contributed by atoms with E-state index in [0.29, 0.717) is 0 Å². The SMILES string of the molecule is C[Si](C)(C)Oc1cc(C(=O)O)cc(O[Si](C)(C)C)c1O. The molecule has 1 rings (SSSR count). The van der Waals surface area contributed by atoms with E-state index in [2.05, 4.69) is 0 Å². The number of aromatic hydroxyl groups is 1. The Hall–Kier alpha value is -1.48. The van der Waals surface area contributed by atoms with Gasteiger partial charge in [0.05, 0.1) is 5.56 Å². The summed E-state index contributed by atoms with van der Waals surface area (Å²) in [5.41, 5.74) is 0.0456. The van der Waals surface area contributed by atoms with Crippen molar-refractivity contribution >= 4 is 22.6 Å². The number of benzene rings is 1. The maximum atomic E-state index is 11.2. The normalized spacial score (nSPS) is 12.1. The van der Waals surface area contributed by atoms with Crippen molar-refractivity contribution in [2.45, 2.75) is 39.3 Å². The summed E-state index contributed by atoms with van der Waals surface area (Å²) in [7, 11) is -3.93. The molecule has 0 atom stereocenters. The van der Waals surface area contributed by atoms with Crippen LogP contribution in [0, 0.1) is 0 Å². The van der Waals surface area contributed by atoms with Crippen molar-refractivity contribution in [2.75, 3.05) is 0 Å². The maximum absolute atomic E-state index is 11.2. The van der Waals surface area contributed by atoms with E-state index in [-0.39, 0.29) is 22.8 Å². The minimum Gasteiger partial charge on any atom is -0.542 e. The number of carboxylic acids is 1. The first-order valence-corrected chi connectivity index (χ1v) is 13.2. The van der Waals surface area contributed by atoms with Crippen LogP contribution in [0.4, 0.5) is 0 Å². The third kappa shape index (κ3) is 4.89. The second-order valence-corrected chi connectivity index (χ2v) is 15.4. The molecular weight excluding hydrogens is 292 g/mol. The molecule has 0 unspecified atom stereocenters. The largest absolute Gasteiger partial charge is 0.542 e. The predicted octanol–water partition coefficient (Wildman–Crippen LogP) is 3.52. The fourth-order valence-corrected chi connectivity index (χ4v) is 3.15. The molecule has 20 heavy (non-hydrogen) atoms. The van der Waals surface area contributed by atoms with Crippen LogP contribution >= 0.6 is 0 Å². The summed E-state index contributed by atoms with van der Waals surface area (Å²) in [5.74, 6) is -0.847. The zero-order valence-corrected chi connectivity index (χ0v) is 14.8. The van der Waals surface area contributed by atoms with Gasteiger partial charge in [0.25, 0.3) is 0 Å². The van der Waals surface area contributed by atoms with Crippen molar-refractivity contribution in [1.82, 2.24) is 0 Å². The lowest BCUT2D eigenvalue weighted by Crippen LogP contribution is -2.31. The fraction of sp³-hybridized carbons (Fsp3) is 0.462. The molecule has 0 saturated heterocycles. The molecule has 1 aromatic carbocycles. The van der Waals surface area contributed by atoms with E-state index in [1.165, 1.54) is 12.1 Å². The van der Waals surface area contributed by atoms with Gasteiger partial charge in [-0.05, 0) is 51.4 Å². The van der Waals surface area contributed by atoms with E-state index in [0.717, 1.165) is 0 Å². The second kappa shape index (κ2) is 5.49. The van der Waals surface area contributed by atoms with Crippen LogP contribution in [-0.2, 0) is 0 Å². The highest BCUT2D eigenvalue weighted by Gasteiger charge is 2.25. The molecule has 7 heteroatoms. The topological polar surface area (TPSA) is 76.0 Å². The number of carboxylic acid groups (broad SMARTS) is 1. The zero-order valence-electron chi connectivity index (χ0n) is 12.8. The molecule has 0 heterocycles. The summed E-state index contributed by atoms with van der Waals surface area (Å²) in [6.07, 6.45) is 0. The molecule has 0 radical (unpaired) electrons. The lowest BCUT2D eigenvalue weighted by atomic mass is 10.2. The van der Waals surface area contributed by atoms with Gasteiger partial charge in [0, 0.05) is 0 Å². The minimum absolute atomic E-state index is 0.0456. The van der Waals surface area contributed by atoms with Gasteiger partial charge in [0.15, 0.2) is 17.2 Å². The van der Waals surface area contributed by atoms with E-state index in [1.54, 1.807) is 0 Å². The first-order chi connectivity index (χ1) is 8.89. The highest BCUT2D eigenvalue weighted by molar-refractivity contribution is 6.71. The van der Waals surface area contributed by atoms with Crippen molar-refractivity contribution in [2.24, 2.45) is 0 Å². The maximum Gasteiger partial charge on any atom is 0.335 e. The molecule has 0 aliphatic carbocycles. The Bertz CT molecular complexity index is 477. The van der Waals surface area contributed by atoms with Gasteiger partial charge in [-0.25, -0.2) is 4.79 Å². The Balaban J connectivity index is 3.33. The molecule has 0 fully saturated rings. The Morgan fingerprint density at radius 3 is 1.55 bits per heavy atom. The average molecular weight is 314 g/mol. The van der Waals surface area contributed by atoms with Crippen molar-refractivity contribution in [1.29, 1.82) is 0 Å². The van der Waals surface area contributed by atoms with Gasteiger partial charge in [-0.3, -0.25) is 0 Å². The van der Waals surface area contributed by atoms with Gasteiger partial charge < -0.3 is 19.1 Å². The first kappa shape index (κ1) is 16.6. The number of hydrogen-bond acceptors (Lipinski definition) is 4. The number of aromatic carboxylic acids is 1. The molecule has 112 valence electrons. The first-order valence-electron chi connectivity index (χ1n) is 6.37. The Kier molecular flexibility index (Phi) is 4.55. The van der Waals surface area contributed by atoms with Gasteiger partial charge in [0.2, 0.25) is 16.6 Å². The van der Waals surface area contributed by atoms with Crippen molar-refractivity contribution in [3.05, 3.63) is 17.7 Å².